The van der Waals surface area contributed by atoms with Crippen molar-refractivity contribution in [2.24, 2.45) is 0 Å². The van der Waals surface area contributed by atoms with E-state index in [4.69, 9.17) is 33.7 Å². The molecule has 3 nitrogen and oxygen atoms in total. The quantitative estimate of drug-likeness (QED) is 0.886. The minimum absolute atomic E-state index is 0.355. The number of hydrogen-bond acceptors (Lipinski definition) is 3. The highest BCUT2D eigenvalue weighted by Gasteiger charge is 2.07. The smallest absolute Gasteiger partial charge is 0.103 e. The van der Waals surface area contributed by atoms with Crippen molar-refractivity contribution in [2.45, 2.75) is 0 Å². The van der Waals surface area contributed by atoms with Crippen molar-refractivity contribution in [3.8, 4) is 12.1 Å². The van der Waals surface area contributed by atoms with Crippen LogP contribution in [-0.4, -0.2) is 0 Å². The highest BCUT2D eigenvalue weighted by Crippen LogP contribution is 2.28. The van der Waals surface area contributed by atoms with Crippen molar-refractivity contribution < 1.29 is 0 Å². The molecule has 19 heavy (non-hydrogen) atoms. The summed E-state index contributed by atoms with van der Waals surface area (Å²) in [4.78, 5) is 0. The SMILES string of the molecule is N#Cc1ccc(Nc2cccc(Cl)c2C#N)cc1Cl. The van der Waals surface area contributed by atoms with Crippen LogP contribution in [-0.2, 0) is 0 Å². The van der Waals surface area contributed by atoms with E-state index in [0.29, 0.717) is 32.5 Å². The predicted octanol–water partition coefficient (Wildman–Crippen LogP) is 4.48. The standard InChI is InChI=1S/C14H7Cl2N3/c15-12-2-1-3-14(11(12)8-18)19-10-5-4-9(7-17)13(16)6-10/h1-6,19H. The molecule has 5 heteroatoms. The fourth-order valence-corrected chi connectivity index (χ4v) is 2.02. The molecule has 0 spiro atoms. The number of hydrogen-bond donors (Lipinski definition) is 1. The molecule has 0 saturated carbocycles. The molecular weight excluding hydrogens is 281 g/mol. The van der Waals surface area contributed by atoms with Crippen LogP contribution in [0.3, 0.4) is 0 Å². The van der Waals surface area contributed by atoms with Gasteiger partial charge >= 0.3 is 0 Å². The third-order valence-electron chi connectivity index (χ3n) is 2.49. The minimum Gasteiger partial charge on any atom is -0.354 e. The minimum atomic E-state index is 0.355. The first-order chi connectivity index (χ1) is 9.15. The van der Waals surface area contributed by atoms with E-state index in [2.05, 4.69) is 5.32 Å². The molecule has 92 valence electrons. The first kappa shape index (κ1) is 13.2. The Hall–Kier alpha value is -2.20. The van der Waals surface area contributed by atoms with Gasteiger partial charge in [-0.05, 0) is 30.3 Å². The second-order valence-electron chi connectivity index (χ2n) is 3.71. The van der Waals surface area contributed by atoms with E-state index < -0.39 is 0 Å². The molecule has 0 radical (unpaired) electrons. The van der Waals surface area contributed by atoms with Crippen molar-refractivity contribution in [1.29, 1.82) is 10.5 Å². The van der Waals surface area contributed by atoms with Crippen LogP contribution in [0.2, 0.25) is 10.0 Å². The van der Waals surface area contributed by atoms with Crippen LogP contribution in [0.1, 0.15) is 11.1 Å². The lowest BCUT2D eigenvalue weighted by Gasteiger charge is -2.09. The lowest BCUT2D eigenvalue weighted by Crippen LogP contribution is -1.94. The van der Waals surface area contributed by atoms with E-state index in [1.54, 1.807) is 36.4 Å². The van der Waals surface area contributed by atoms with Gasteiger partial charge < -0.3 is 5.32 Å². The van der Waals surface area contributed by atoms with Crippen LogP contribution >= 0.6 is 23.2 Å². The Bertz CT molecular complexity index is 712. The van der Waals surface area contributed by atoms with Gasteiger partial charge in [-0.25, -0.2) is 0 Å². The van der Waals surface area contributed by atoms with E-state index in [9.17, 15) is 0 Å². The van der Waals surface area contributed by atoms with E-state index >= 15 is 0 Å². The molecule has 2 aromatic carbocycles. The molecule has 0 aliphatic rings. The van der Waals surface area contributed by atoms with Crippen molar-refractivity contribution in [1.82, 2.24) is 0 Å². The lowest BCUT2D eigenvalue weighted by atomic mass is 10.1. The van der Waals surface area contributed by atoms with Crippen molar-refractivity contribution in [2.75, 3.05) is 5.32 Å². The Kier molecular flexibility index (Phi) is 3.92. The van der Waals surface area contributed by atoms with Crippen LogP contribution in [0.5, 0.6) is 0 Å². The lowest BCUT2D eigenvalue weighted by molar-refractivity contribution is 1.45. The number of halogens is 2. The first-order valence-corrected chi connectivity index (χ1v) is 6.06. The Labute approximate surface area is 120 Å². The Morgan fingerprint density at radius 1 is 0.947 bits per heavy atom. The van der Waals surface area contributed by atoms with Crippen LogP contribution in [0.4, 0.5) is 11.4 Å². The molecule has 0 aromatic heterocycles. The van der Waals surface area contributed by atoms with Gasteiger partial charge in [-0.1, -0.05) is 29.3 Å². The number of benzene rings is 2. The van der Waals surface area contributed by atoms with E-state index in [-0.39, 0.29) is 0 Å². The maximum atomic E-state index is 9.07. The molecule has 0 aliphatic carbocycles. The summed E-state index contributed by atoms with van der Waals surface area (Å²) in [7, 11) is 0. The van der Waals surface area contributed by atoms with Gasteiger partial charge in [0.25, 0.3) is 0 Å². The molecule has 0 unspecified atom stereocenters. The monoisotopic (exact) mass is 287 g/mol. The molecule has 2 aromatic rings. The Morgan fingerprint density at radius 2 is 1.74 bits per heavy atom. The summed E-state index contributed by atoms with van der Waals surface area (Å²) in [5, 5.41) is 21.7. The first-order valence-electron chi connectivity index (χ1n) is 5.31. The van der Waals surface area contributed by atoms with Gasteiger partial charge in [-0.3, -0.25) is 0 Å². The van der Waals surface area contributed by atoms with Crippen molar-refractivity contribution in [3.05, 3.63) is 57.6 Å². The van der Waals surface area contributed by atoms with Gasteiger partial charge in [0.1, 0.15) is 12.1 Å². The Morgan fingerprint density at radius 3 is 2.37 bits per heavy atom. The van der Waals surface area contributed by atoms with Crippen LogP contribution in [0.25, 0.3) is 0 Å². The third kappa shape index (κ3) is 2.80. The molecule has 1 N–H and O–H groups in total. The normalized spacial score (nSPS) is 9.47. The number of anilines is 2. The molecule has 0 saturated heterocycles. The van der Waals surface area contributed by atoms with Gasteiger partial charge in [0.05, 0.1) is 26.9 Å². The molecule has 0 atom stereocenters. The average Bonchev–Trinajstić information content (AvgIpc) is 2.39. The summed E-state index contributed by atoms with van der Waals surface area (Å²) in [5.74, 6) is 0. The van der Waals surface area contributed by atoms with E-state index in [1.807, 2.05) is 12.1 Å². The number of nitriles is 2. The second kappa shape index (κ2) is 5.63. The zero-order valence-corrected chi connectivity index (χ0v) is 11.1. The maximum Gasteiger partial charge on any atom is 0.103 e. The second-order valence-corrected chi connectivity index (χ2v) is 4.52. The summed E-state index contributed by atoms with van der Waals surface area (Å²) in [6, 6.07) is 14.1. The molecule has 0 aliphatic heterocycles. The van der Waals surface area contributed by atoms with Crippen LogP contribution in [0.15, 0.2) is 36.4 Å². The van der Waals surface area contributed by atoms with Gasteiger partial charge in [0.2, 0.25) is 0 Å². The molecule has 0 amide bonds. The average molecular weight is 288 g/mol. The van der Waals surface area contributed by atoms with Crippen molar-refractivity contribution in [3.63, 3.8) is 0 Å². The molecule has 0 heterocycles. The highest BCUT2D eigenvalue weighted by molar-refractivity contribution is 6.32. The summed E-state index contributed by atoms with van der Waals surface area (Å²) in [5.41, 5.74) is 2.04. The third-order valence-corrected chi connectivity index (χ3v) is 3.12. The number of rotatable bonds is 2. The van der Waals surface area contributed by atoms with Crippen LogP contribution in [0, 0.1) is 22.7 Å². The predicted molar refractivity (Wildman–Crippen MR) is 75.6 cm³/mol. The fraction of sp³-hybridized carbons (Fsp3) is 0. The molecule has 0 fully saturated rings. The maximum absolute atomic E-state index is 9.07. The van der Waals surface area contributed by atoms with E-state index in [0.717, 1.165) is 0 Å². The zero-order chi connectivity index (χ0) is 13.8. The van der Waals surface area contributed by atoms with E-state index in [1.165, 1.54) is 0 Å². The Balaban J connectivity index is 2.38. The summed E-state index contributed by atoms with van der Waals surface area (Å²) >= 11 is 11.9. The zero-order valence-electron chi connectivity index (χ0n) is 9.61. The van der Waals surface area contributed by atoms with Gasteiger partial charge in [-0.15, -0.1) is 0 Å². The van der Waals surface area contributed by atoms with Crippen molar-refractivity contribution >= 4 is 34.6 Å². The topological polar surface area (TPSA) is 59.6 Å². The van der Waals surface area contributed by atoms with Crippen LogP contribution < -0.4 is 5.32 Å². The summed E-state index contributed by atoms with van der Waals surface area (Å²) in [6.07, 6.45) is 0. The largest absolute Gasteiger partial charge is 0.354 e. The highest BCUT2D eigenvalue weighted by atomic mass is 35.5. The number of nitrogens with one attached hydrogen (secondary N) is 1. The van der Waals surface area contributed by atoms with Gasteiger partial charge in [0.15, 0.2) is 0 Å². The fourth-order valence-electron chi connectivity index (χ4n) is 1.58. The summed E-state index contributed by atoms with van der Waals surface area (Å²) < 4.78 is 0. The summed E-state index contributed by atoms with van der Waals surface area (Å²) in [6.45, 7) is 0. The number of nitrogens with zero attached hydrogens (tertiary/aromatic N) is 2. The molecule has 2 rings (SSSR count). The van der Waals surface area contributed by atoms with Gasteiger partial charge in [0, 0.05) is 5.69 Å². The molecule has 0 bridgehead atoms. The van der Waals surface area contributed by atoms with Gasteiger partial charge in [-0.2, -0.15) is 10.5 Å². The molecular formula is C14H7Cl2N3.